The average molecular weight is 421 g/mol. The van der Waals surface area contributed by atoms with Crippen molar-refractivity contribution in [3.8, 4) is 11.1 Å². The van der Waals surface area contributed by atoms with Crippen LogP contribution in [0.15, 0.2) is 121 Å². The van der Waals surface area contributed by atoms with Crippen molar-refractivity contribution < 1.29 is 5.11 Å². The van der Waals surface area contributed by atoms with Gasteiger partial charge in [0.25, 0.3) is 0 Å². The van der Waals surface area contributed by atoms with Crippen LogP contribution in [0, 0.1) is 0 Å². The third-order valence-electron chi connectivity index (χ3n) is 5.82. The molecule has 0 saturated heterocycles. The topological polar surface area (TPSA) is 20.2 Å². The lowest BCUT2D eigenvalue weighted by Gasteiger charge is -2.32. The Labute approximate surface area is 187 Å². The molecule has 0 saturated carbocycles. The smallest absolute Gasteiger partial charge is 0.141 e. The van der Waals surface area contributed by atoms with Gasteiger partial charge >= 0.3 is 0 Å². The summed E-state index contributed by atoms with van der Waals surface area (Å²) >= 11 is 6.78. The number of fused-ring (bicyclic) bond motifs is 1. The lowest BCUT2D eigenvalue weighted by atomic mass is 9.77. The van der Waals surface area contributed by atoms with Crippen molar-refractivity contribution in [1.29, 1.82) is 0 Å². The lowest BCUT2D eigenvalue weighted by molar-refractivity contribution is 0.126. The lowest BCUT2D eigenvalue weighted by Crippen LogP contribution is -2.29. The zero-order valence-electron chi connectivity index (χ0n) is 16.9. The van der Waals surface area contributed by atoms with Gasteiger partial charge in [0.05, 0.1) is 0 Å². The number of rotatable bonds is 4. The van der Waals surface area contributed by atoms with Crippen LogP contribution in [0.25, 0.3) is 21.9 Å². The SMILES string of the molecule is OC(c1ccccc1)(c1ccccc1)c1cccc(Cl)c1-c1ccc2ccccc2c1. The van der Waals surface area contributed by atoms with Crippen LogP contribution in [0.4, 0.5) is 0 Å². The number of halogens is 1. The maximum absolute atomic E-state index is 12.3. The Kier molecular flexibility index (Phi) is 5.07. The zero-order valence-corrected chi connectivity index (χ0v) is 17.6. The van der Waals surface area contributed by atoms with Crippen molar-refractivity contribution in [2.24, 2.45) is 0 Å². The van der Waals surface area contributed by atoms with Gasteiger partial charge in [0.2, 0.25) is 0 Å². The van der Waals surface area contributed by atoms with E-state index in [-0.39, 0.29) is 0 Å². The Balaban J connectivity index is 1.82. The van der Waals surface area contributed by atoms with E-state index in [0.717, 1.165) is 33.2 Å². The zero-order chi connectivity index (χ0) is 21.3. The van der Waals surface area contributed by atoms with Crippen molar-refractivity contribution >= 4 is 22.4 Å². The maximum atomic E-state index is 12.3. The van der Waals surface area contributed by atoms with Crippen LogP contribution >= 0.6 is 11.6 Å². The van der Waals surface area contributed by atoms with E-state index in [1.54, 1.807) is 0 Å². The molecule has 0 aliphatic rings. The van der Waals surface area contributed by atoms with E-state index < -0.39 is 5.60 Å². The van der Waals surface area contributed by atoms with Crippen LogP contribution in [0.5, 0.6) is 0 Å². The molecule has 0 bridgehead atoms. The van der Waals surface area contributed by atoms with Gasteiger partial charge in [-0.1, -0.05) is 121 Å². The first kappa shape index (κ1) is 19.6. The number of hydrogen-bond acceptors (Lipinski definition) is 1. The molecule has 5 rings (SSSR count). The summed E-state index contributed by atoms with van der Waals surface area (Å²) in [7, 11) is 0. The molecule has 1 nitrogen and oxygen atoms in total. The van der Waals surface area contributed by atoms with E-state index in [9.17, 15) is 5.11 Å². The molecule has 0 aromatic heterocycles. The molecule has 0 aliphatic heterocycles. The van der Waals surface area contributed by atoms with Crippen molar-refractivity contribution in [2.45, 2.75) is 5.60 Å². The Morgan fingerprint density at radius 1 is 0.548 bits per heavy atom. The number of aliphatic hydroxyl groups is 1. The largest absolute Gasteiger partial charge is 0.376 e. The van der Waals surface area contributed by atoms with Gasteiger partial charge in [-0.25, -0.2) is 0 Å². The summed E-state index contributed by atoms with van der Waals surface area (Å²) in [4.78, 5) is 0. The molecule has 0 fully saturated rings. The summed E-state index contributed by atoms with van der Waals surface area (Å²) in [5.41, 5.74) is 2.81. The molecular formula is C29H21ClO. The Morgan fingerprint density at radius 3 is 1.77 bits per heavy atom. The molecule has 0 atom stereocenters. The predicted octanol–water partition coefficient (Wildman–Crippen LogP) is 7.44. The monoisotopic (exact) mass is 420 g/mol. The third kappa shape index (κ3) is 3.42. The van der Waals surface area contributed by atoms with Gasteiger partial charge < -0.3 is 5.11 Å². The number of benzene rings is 5. The summed E-state index contributed by atoms with van der Waals surface area (Å²) in [5, 5.41) is 15.3. The fourth-order valence-corrected chi connectivity index (χ4v) is 4.58. The van der Waals surface area contributed by atoms with Gasteiger partial charge in [0, 0.05) is 16.1 Å². The molecule has 1 N–H and O–H groups in total. The normalized spacial score (nSPS) is 11.5. The summed E-state index contributed by atoms with van der Waals surface area (Å²) in [5.74, 6) is 0. The molecule has 5 aromatic carbocycles. The Bertz CT molecular complexity index is 1300. The molecule has 150 valence electrons. The van der Waals surface area contributed by atoms with Crippen LogP contribution in [0.2, 0.25) is 5.02 Å². The van der Waals surface area contributed by atoms with Gasteiger partial charge in [-0.2, -0.15) is 0 Å². The molecule has 5 aromatic rings. The van der Waals surface area contributed by atoms with E-state index in [1.165, 1.54) is 5.39 Å². The van der Waals surface area contributed by atoms with Crippen molar-refractivity contribution in [1.82, 2.24) is 0 Å². The second-order valence-corrected chi connectivity index (χ2v) is 8.07. The van der Waals surface area contributed by atoms with Gasteiger partial charge in [-0.05, 0) is 39.6 Å². The van der Waals surface area contributed by atoms with Crippen molar-refractivity contribution in [3.05, 3.63) is 143 Å². The van der Waals surface area contributed by atoms with Crippen LogP contribution in [-0.4, -0.2) is 5.11 Å². The second kappa shape index (κ2) is 8.03. The first-order chi connectivity index (χ1) is 15.2. The minimum Gasteiger partial charge on any atom is -0.376 e. The number of hydrogen-bond donors (Lipinski definition) is 1. The minimum absolute atomic E-state index is 0.609. The summed E-state index contributed by atoms with van der Waals surface area (Å²) in [6.45, 7) is 0. The fraction of sp³-hybridized carbons (Fsp3) is 0.0345. The van der Waals surface area contributed by atoms with Gasteiger partial charge in [0.1, 0.15) is 5.60 Å². The molecule has 0 aliphatic carbocycles. The van der Waals surface area contributed by atoms with E-state index in [0.29, 0.717) is 5.02 Å². The predicted molar refractivity (Wildman–Crippen MR) is 129 cm³/mol. The van der Waals surface area contributed by atoms with E-state index in [1.807, 2.05) is 91.0 Å². The highest BCUT2D eigenvalue weighted by molar-refractivity contribution is 6.33. The molecule has 2 heteroatoms. The first-order valence-corrected chi connectivity index (χ1v) is 10.7. The molecule has 31 heavy (non-hydrogen) atoms. The van der Waals surface area contributed by atoms with Crippen LogP contribution < -0.4 is 0 Å². The fourth-order valence-electron chi connectivity index (χ4n) is 4.30. The van der Waals surface area contributed by atoms with Crippen LogP contribution in [-0.2, 0) is 5.60 Å². The van der Waals surface area contributed by atoms with Gasteiger partial charge in [0.15, 0.2) is 0 Å². The van der Waals surface area contributed by atoms with Crippen LogP contribution in [0.1, 0.15) is 16.7 Å². The van der Waals surface area contributed by atoms with E-state index >= 15 is 0 Å². The first-order valence-electron chi connectivity index (χ1n) is 10.3. The summed E-state index contributed by atoms with van der Waals surface area (Å²) in [6, 6.07) is 39.8. The second-order valence-electron chi connectivity index (χ2n) is 7.67. The third-order valence-corrected chi connectivity index (χ3v) is 6.14. The highest BCUT2D eigenvalue weighted by Gasteiger charge is 2.36. The molecule has 0 unspecified atom stereocenters. The highest BCUT2D eigenvalue weighted by atomic mass is 35.5. The van der Waals surface area contributed by atoms with Crippen molar-refractivity contribution in [3.63, 3.8) is 0 Å². The highest BCUT2D eigenvalue weighted by Crippen LogP contribution is 2.44. The van der Waals surface area contributed by atoms with Gasteiger partial charge in [-0.15, -0.1) is 0 Å². The summed E-state index contributed by atoms with van der Waals surface area (Å²) < 4.78 is 0. The molecule has 0 amide bonds. The Morgan fingerprint density at radius 2 is 1.13 bits per heavy atom. The molecule has 0 spiro atoms. The molecule has 0 radical (unpaired) electrons. The minimum atomic E-state index is -1.35. The Hall–Kier alpha value is -3.39. The van der Waals surface area contributed by atoms with E-state index in [4.69, 9.17) is 11.6 Å². The summed E-state index contributed by atoms with van der Waals surface area (Å²) in [6.07, 6.45) is 0. The van der Waals surface area contributed by atoms with Gasteiger partial charge in [-0.3, -0.25) is 0 Å². The molecular weight excluding hydrogens is 400 g/mol. The maximum Gasteiger partial charge on any atom is 0.141 e. The van der Waals surface area contributed by atoms with Crippen molar-refractivity contribution in [2.75, 3.05) is 0 Å². The average Bonchev–Trinajstić information content (AvgIpc) is 2.84. The molecule has 0 heterocycles. The van der Waals surface area contributed by atoms with E-state index in [2.05, 4.69) is 30.3 Å². The standard InChI is InChI=1S/C29H21ClO/c30-27-17-9-16-26(28(27)23-19-18-21-10-7-8-11-22(21)20-23)29(31,24-12-3-1-4-13-24)25-14-5-2-6-15-25/h1-20,31H. The quantitative estimate of drug-likeness (QED) is 0.299. The van der Waals surface area contributed by atoms with Crippen LogP contribution in [0.3, 0.4) is 0 Å².